The molecule has 0 spiro atoms. The first-order chi connectivity index (χ1) is 10.3. The van der Waals surface area contributed by atoms with Gasteiger partial charge in [0.2, 0.25) is 0 Å². The van der Waals surface area contributed by atoms with Crippen molar-refractivity contribution in [3.63, 3.8) is 0 Å². The third-order valence-corrected chi connectivity index (χ3v) is 5.20. The molecule has 114 valence electrons. The topological polar surface area (TPSA) is 28.4 Å². The third kappa shape index (κ3) is 4.10. The molecule has 1 aliphatic heterocycles. The van der Waals surface area contributed by atoms with E-state index in [0.717, 1.165) is 23.1 Å². The maximum Gasteiger partial charge on any atom is 0.126 e. The van der Waals surface area contributed by atoms with Crippen LogP contribution in [0.15, 0.2) is 34.9 Å². The van der Waals surface area contributed by atoms with Gasteiger partial charge < -0.3 is 14.6 Å². The molecule has 1 saturated heterocycles. The molecule has 3 rings (SSSR count). The normalized spacial score (nSPS) is 17.4. The van der Waals surface area contributed by atoms with E-state index in [9.17, 15) is 0 Å². The van der Waals surface area contributed by atoms with Crippen LogP contribution in [-0.2, 0) is 0 Å². The molecule has 21 heavy (non-hydrogen) atoms. The van der Waals surface area contributed by atoms with Crippen LogP contribution in [0.3, 0.4) is 0 Å². The maximum absolute atomic E-state index is 6.07. The summed E-state index contributed by atoms with van der Waals surface area (Å²) in [6.45, 7) is 4.70. The van der Waals surface area contributed by atoms with Crippen LogP contribution in [0.25, 0.3) is 0 Å². The Labute approximate surface area is 134 Å². The second-order valence-electron chi connectivity index (χ2n) is 5.45. The van der Waals surface area contributed by atoms with Crippen molar-refractivity contribution in [2.75, 3.05) is 26.2 Å². The number of halogens is 1. The first-order valence-electron chi connectivity index (χ1n) is 7.57. The number of hydrogen-bond donors (Lipinski definition) is 1. The van der Waals surface area contributed by atoms with Crippen molar-refractivity contribution >= 4 is 22.9 Å². The highest BCUT2D eigenvalue weighted by Crippen LogP contribution is 2.31. The molecule has 2 aromatic rings. The number of rotatable bonds is 7. The number of furan rings is 1. The largest absolute Gasteiger partial charge is 0.467 e. The average Bonchev–Trinajstić information content (AvgIpc) is 3.20. The lowest BCUT2D eigenvalue weighted by atomic mass is 10.2. The Morgan fingerprint density at radius 3 is 2.81 bits per heavy atom. The van der Waals surface area contributed by atoms with Gasteiger partial charge in [-0.1, -0.05) is 11.6 Å². The highest BCUT2D eigenvalue weighted by Gasteiger charge is 2.18. The van der Waals surface area contributed by atoms with E-state index >= 15 is 0 Å². The second-order valence-corrected chi connectivity index (χ2v) is 7.19. The van der Waals surface area contributed by atoms with Gasteiger partial charge in [-0.15, -0.1) is 11.3 Å². The fourth-order valence-corrected chi connectivity index (χ4v) is 3.98. The van der Waals surface area contributed by atoms with E-state index in [-0.39, 0.29) is 6.04 Å². The van der Waals surface area contributed by atoms with E-state index in [4.69, 9.17) is 16.0 Å². The van der Waals surface area contributed by atoms with Crippen LogP contribution in [-0.4, -0.2) is 31.1 Å². The summed E-state index contributed by atoms with van der Waals surface area (Å²) >= 11 is 7.68. The standard InChI is InChI=1S/C16H21ClN2OS/c17-15-7-6-14(21-15)16(13-5-3-12-20-13)18-8-4-11-19-9-1-2-10-19/h3,5-7,12,16,18H,1-2,4,8-11H2. The van der Waals surface area contributed by atoms with Crippen LogP contribution < -0.4 is 5.32 Å². The summed E-state index contributed by atoms with van der Waals surface area (Å²) in [6, 6.07) is 8.09. The number of hydrogen-bond acceptors (Lipinski definition) is 4. The molecular formula is C16H21ClN2OS. The monoisotopic (exact) mass is 324 g/mol. The van der Waals surface area contributed by atoms with Crippen molar-refractivity contribution in [2.24, 2.45) is 0 Å². The average molecular weight is 325 g/mol. The van der Waals surface area contributed by atoms with Gasteiger partial charge in [-0.05, 0) is 69.7 Å². The minimum atomic E-state index is 0.107. The van der Waals surface area contributed by atoms with Crippen molar-refractivity contribution in [2.45, 2.75) is 25.3 Å². The van der Waals surface area contributed by atoms with Crippen LogP contribution >= 0.6 is 22.9 Å². The van der Waals surface area contributed by atoms with E-state index in [2.05, 4.69) is 16.3 Å². The van der Waals surface area contributed by atoms with Crippen molar-refractivity contribution in [3.8, 4) is 0 Å². The summed E-state index contributed by atoms with van der Waals surface area (Å²) in [5.74, 6) is 0.953. The summed E-state index contributed by atoms with van der Waals surface area (Å²) in [6.07, 6.45) is 5.60. The number of nitrogens with zero attached hydrogens (tertiary/aromatic N) is 1. The van der Waals surface area contributed by atoms with Crippen molar-refractivity contribution in [1.29, 1.82) is 0 Å². The van der Waals surface area contributed by atoms with Crippen LogP contribution in [0.2, 0.25) is 4.34 Å². The Morgan fingerprint density at radius 1 is 1.29 bits per heavy atom. The quantitative estimate of drug-likeness (QED) is 0.775. The molecule has 1 unspecified atom stereocenters. The molecule has 5 heteroatoms. The first-order valence-corrected chi connectivity index (χ1v) is 8.77. The van der Waals surface area contributed by atoms with Gasteiger partial charge in [0.05, 0.1) is 10.6 Å². The lowest BCUT2D eigenvalue weighted by Crippen LogP contribution is -2.27. The van der Waals surface area contributed by atoms with Gasteiger partial charge >= 0.3 is 0 Å². The van der Waals surface area contributed by atoms with Crippen LogP contribution in [0, 0.1) is 0 Å². The Hall–Kier alpha value is -0.810. The highest BCUT2D eigenvalue weighted by atomic mass is 35.5. The molecule has 2 aromatic heterocycles. The summed E-state index contributed by atoms with van der Waals surface area (Å²) in [5, 5.41) is 3.61. The van der Waals surface area contributed by atoms with Crippen molar-refractivity contribution in [3.05, 3.63) is 45.5 Å². The maximum atomic E-state index is 6.07. The van der Waals surface area contributed by atoms with E-state index in [1.807, 2.05) is 18.2 Å². The fraction of sp³-hybridized carbons (Fsp3) is 0.500. The summed E-state index contributed by atoms with van der Waals surface area (Å²) in [4.78, 5) is 3.75. The van der Waals surface area contributed by atoms with Crippen LogP contribution in [0.5, 0.6) is 0 Å². The highest BCUT2D eigenvalue weighted by molar-refractivity contribution is 7.16. The van der Waals surface area contributed by atoms with Gasteiger partial charge in [0.15, 0.2) is 0 Å². The van der Waals surface area contributed by atoms with E-state index in [0.29, 0.717) is 0 Å². The fourth-order valence-electron chi connectivity index (χ4n) is 2.84. The Morgan fingerprint density at radius 2 is 2.14 bits per heavy atom. The predicted molar refractivity (Wildman–Crippen MR) is 88.2 cm³/mol. The molecule has 0 aliphatic carbocycles. The van der Waals surface area contributed by atoms with Crippen LogP contribution in [0.4, 0.5) is 0 Å². The smallest absolute Gasteiger partial charge is 0.126 e. The van der Waals surface area contributed by atoms with E-state index < -0.39 is 0 Å². The first kappa shape index (κ1) is 15.1. The molecule has 0 radical (unpaired) electrons. The zero-order valence-electron chi connectivity index (χ0n) is 12.1. The molecule has 0 saturated carbocycles. The SMILES string of the molecule is Clc1ccc(C(NCCCN2CCCC2)c2ccco2)s1. The molecule has 1 N–H and O–H groups in total. The molecule has 1 aliphatic rings. The molecule has 1 fully saturated rings. The van der Waals surface area contributed by atoms with Gasteiger partial charge in [-0.2, -0.15) is 0 Å². The van der Waals surface area contributed by atoms with Crippen molar-refractivity contribution in [1.82, 2.24) is 10.2 Å². The van der Waals surface area contributed by atoms with Gasteiger partial charge in [-0.3, -0.25) is 0 Å². The minimum absolute atomic E-state index is 0.107. The second kappa shape index (κ2) is 7.45. The van der Waals surface area contributed by atoms with Gasteiger partial charge in [0, 0.05) is 4.88 Å². The molecule has 0 aromatic carbocycles. The number of nitrogens with one attached hydrogen (secondary N) is 1. The lowest BCUT2D eigenvalue weighted by Gasteiger charge is -2.18. The molecule has 1 atom stereocenters. The number of thiophene rings is 1. The van der Waals surface area contributed by atoms with Crippen LogP contribution in [0.1, 0.15) is 35.9 Å². The molecule has 3 nitrogen and oxygen atoms in total. The zero-order chi connectivity index (χ0) is 14.5. The Kier molecular flexibility index (Phi) is 5.36. The van der Waals surface area contributed by atoms with Crippen molar-refractivity contribution < 1.29 is 4.42 Å². The minimum Gasteiger partial charge on any atom is -0.467 e. The lowest BCUT2D eigenvalue weighted by molar-refractivity contribution is 0.327. The molecule has 0 bridgehead atoms. The summed E-state index contributed by atoms with van der Waals surface area (Å²) in [7, 11) is 0. The van der Waals surface area contributed by atoms with Gasteiger partial charge in [0.1, 0.15) is 11.8 Å². The van der Waals surface area contributed by atoms with Gasteiger partial charge in [-0.25, -0.2) is 0 Å². The predicted octanol–water partition coefficient (Wildman–Crippen LogP) is 4.16. The Balaban J connectivity index is 1.55. The third-order valence-electron chi connectivity index (χ3n) is 3.90. The summed E-state index contributed by atoms with van der Waals surface area (Å²) in [5.41, 5.74) is 0. The molecular weight excluding hydrogens is 304 g/mol. The number of likely N-dealkylation sites (tertiary alicyclic amines) is 1. The van der Waals surface area contributed by atoms with Gasteiger partial charge in [0.25, 0.3) is 0 Å². The van der Waals surface area contributed by atoms with E-state index in [1.54, 1.807) is 17.6 Å². The molecule has 3 heterocycles. The Bertz CT molecular complexity index is 534. The van der Waals surface area contributed by atoms with E-state index in [1.165, 1.54) is 37.4 Å². The summed E-state index contributed by atoms with van der Waals surface area (Å²) < 4.78 is 6.40. The molecule has 0 amide bonds. The zero-order valence-corrected chi connectivity index (χ0v) is 13.6.